The molecule has 0 saturated heterocycles. The van der Waals surface area contributed by atoms with Crippen molar-refractivity contribution in [2.45, 2.75) is 0 Å². The fourth-order valence-corrected chi connectivity index (χ4v) is 0.309. The molecule has 0 unspecified atom stereocenters. The van der Waals surface area contributed by atoms with Crippen molar-refractivity contribution in [2.75, 3.05) is 21.2 Å². The number of hydrogen-bond donors (Lipinski definition) is 1. The van der Waals surface area contributed by atoms with Crippen molar-refractivity contribution < 1.29 is 9.53 Å². The van der Waals surface area contributed by atoms with E-state index >= 15 is 0 Å². The van der Waals surface area contributed by atoms with E-state index in [1.165, 1.54) is 13.2 Å². The highest BCUT2D eigenvalue weighted by atomic mass is 35.5. The van der Waals surface area contributed by atoms with E-state index in [2.05, 4.69) is 4.74 Å². The Kier molecular flexibility index (Phi) is 6.78. The third kappa shape index (κ3) is 5.54. The van der Waals surface area contributed by atoms with Crippen molar-refractivity contribution in [3.63, 3.8) is 0 Å². The summed E-state index contributed by atoms with van der Waals surface area (Å²) >= 11 is 0. The average Bonchev–Trinajstić information content (AvgIpc) is 1.87. The van der Waals surface area contributed by atoms with Crippen LogP contribution in [0.25, 0.3) is 0 Å². The molecule has 0 aromatic rings. The Morgan fingerprint density at radius 1 is 1.55 bits per heavy atom. The van der Waals surface area contributed by atoms with Gasteiger partial charge in [0.25, 0.3) is 0 Å². The fourth-order valence-electron chi connectivity index (χ4n) is 0.309. The summed E-state index contributed by atoms with van der Waals surface area (Å²) in [5.74, 6) is -0.0574. The first-order valence-electron chi connectivity index (χ1n) is 2.80. The van der Waals surface area contributed by atoms with Crippen LogP contribution in [0.2, 0.25) is 0 Å². The Labute approximate surface area is 72.4 Å². The number of carbonyl (C=O) groups is 1. The normalized spacial score (nSPS) is 9.91. The van der Waals surface area contributed by atoms with Crippen LogP contribution >= 0.6 is 12.4 Å². The number of hydrogen-bond acceptors (Lipinski definition) is 4. The highest BCUT2D eigenvalue weighted by Gasteiger charge is 1.97. The first-order chi connectivity index (χ1) is 4.57. The molecule has 0 aromatic heterocycles. The smallest absolute Gasteiger partial charge is 0.334 e. The molecule has 0 spiro atoms. The zero-order valence-corrected chi connectivity index (χ0v) is 7.64. The Morgan fingerprint density at radius 3 is 2.27 bits per heavy atom. The highest BCUT2D eigenvalue weighted by molar-refractivity contribution is 5.85. The summed E-state index contributed by atoms with van der Waals surface area (Å²) in [4.78, 5) is 12.1. The number of nitrogens with two attached hydrogens (primary N) is 1. The van der Waals surface area contributed by atoms with E-state index in [9.17, 15) is 4.79 Å². The summed E-state index contributed by atoms with van der Waals surface area (Å²) in [5, 5.41) is 0. The standard InChI is InChI=1S/C6H12N2O2.ClH/c1-8(2)5(7)4-6(9)10-3;/h4H,7H2,1-3H3;1H/b5-4-;. The van der Waals surface area contributed by atoms with Crippen LogP contribution in [0.1, 0.15) is 0 Å². The summed E-state index contributed by atoms with van der Waals surface area (Å²) < 4.78 is 4.35. The first-order valence-corrected chi connectivity index (χ1v) is 2.80. The Morgan fingerprint density at radius 2 is 2.00 bits per heavy atom. The molecule has 0 aromatic carbocycles. The number of esters is 1. The van der Waals surface area contributed by atoms with Crippen LogP contribution in [0.4, 0.5) is 0 Å². The van der Waals surface area contributed by atoms with Gasteiger partial charge in [0.2, 0.25) is 0 Å². The topological polar surface area (TPSA) is 55.6 Å². The largest absolute Gasteiger partial charge is 0.466 e. The minimum atomic E-state index is -0.439. The number of carbonyl (C=O) groups excluding carboxylic acids is 1. The lowest BCUT2D eigenvalue weighted by Crippen LogP contribution is -2.19. The zero-order valence-electron chi connectivity index (χ0n) is 6.83. The molecule has 5 heteroatoms. The molecule has 4 nitrogen and oxygen atoms in total. The lowest BCUT2D eigenvalue weighted by molar-refractivity contribution is -0.134. The molecule has 11 heavy (non-hydrogen) atoms. The van der Waals surface area contributed by atoms with E-state index in [4.69, 9.17) is 5.73 Å². The number of rotatable bonds is 2. The van der Waals surface area contributed by atoms with E-state index in [0.29, 0.717) is 5.82 Å². The summed E-state index contributed by atoms with van der Waals surface area (Å²) in [7, 11) is 4.80. The molecular formula is C6H13ClN2O2. The van der Waals surface area contributed by atoms with Gasteiger partial charge in [0.05, 0.1) is 13.2 Å². The number of ether oxygens (including phenoxy) is 1. The van der Waals surface area contributed by atoms with E-state index in [0.717, 1.165) is 0 Å². The molecule has 0 amide bonds. The van der Waals surface area contributed by atoms with E-state index in [1.54, 1.807) is 19.0 Å². The van der Waals surface area contributed by atoms with Gasteiger partial charge in [-0.1, -0.05) is 0 Å². The molecule has 0 fully saturated rings. The highest BCUT2D eigenvalue weighted by Crippen LogP contribution is 1.88. The third-order valence-corrected chi connectivity index (χ3v) is 0.983. The van der Waals surface area contributed by atoms with Crippen LogP contribution in [0, 0.1) is 0 Å². The molecule has 0 bridgehead atoms. The minimum Gasteiger partial charge on any atom is -0.466 e. The van der Waals surface area contributed by atoms with Gasteiger partial charge in [-0.25, -0.2) is 4.79 Å². The van der Waals surface area contributed by atoms with Crippen molar-refractivity contribution in [2.24, 2.45) is 5.73 Å². The summed E-state index contributed by atoms with van der Waals surface area (Å²) in [5.41, 5.74) is 5.38. The Bertz CT molecular complexity index is 157. The summed E-state index contributed by atoms with van der Waals surface area (Å²) in [6.07, 6.45) is 1.22. The predicted molar refractivity (Wildman–Crippen MR) is 45.2 cm³/mol. The number of methoxy groups -OCH3 is 1. The molecule has 0 saturated carbocycles. The van der Waals surface area contributed by atoms with Crippen LogP contribution in [0.15, 0.2) is 11.9 Å². The van der Waals surface area contributed by atoms with Crippen molar-refractivity contribution in [3.05, 3.63) is 11.9 Å². The monoisotopic (exact) mass is 180 g/mol. The van der Waals surface area contributed by atoms with E-state index in [-0.39, 0.29) is 12.4 Å². The zero-order chi connectivity index (χ0) is 8.15. The SMILES string of the molecule is COC(=O)/C=C(/N)N(C)C.Cl. The molecule has 0 radical (unpaired) electrons. The van der Waals surface area contributed by atoms with Gasteiger partial charge in [0, 0.05) is 14.1 Å². The maximum Gasteiger partial charge on any atom is 0.334 e. The molecule has 0 heterocycles. The fraction of sp³-hybridized carbons (Fsp3) is 0.500. The maximum atomic E-state index is 10.5. The van der Waals surface area contributed by atoms with Crippen molar-refractivity contribution in [1.82, 2.24) is 4.90 Å². The van der Waals surface area contributed by atoms with Gasteiger partial charge >= 0.3 is 5.97 Å². The molecule has 0 rings (SSSR count). The van der Waals surface area contributed by atoms with Gasteiger partial charge in [-0.3, -0.25) is 0 Å². The Balaban J connectivity index is 0. The number of halogens is 1. The van der Waals surface area contributed by atoms with Gasteiger partial charge in [0.15, 0.2) is 0 Å². The van der Waals surface area contributed by atoms with Gasteiger partial charge in [-0.2, -0.15) is 0 Å². The quantitative estimate of drug-likeness (QED) is 0.478. The van der Waals surface area contributed by atoms with Gasteiger partial charge < -0.3 is 15.4 Å². The Hall–Kier alpha value is -0.900. The average molecular weight is 181 g/mol. The van der Waals surface area contributed by atoms with Gasteiger partial charge in [-0.15, -0.1) is 12.4 Å². The predicted octanol–water partition coefficient (Wildman–Crippen LogP) is -0.0571. The molecule has 0 atom stereocenters. The lowest BCUT2D eigenvalue weighted by atomic mass is 10.5. The molecule has 0 aliphatic rings. The summed E-state index contributed by atoms with van der Waals surface area (Å²) in [6, 6.07) is 0. The van der Waals surface area contributed by atoms with E-state index < -0.39 is 5.97 Å². The van der Waals surface area contributed by atoms with Crippen LogP contribution in [-0.2, 0) is 9.53 Å². The molecule has 2 N–H and O–H groups in total. The van der Waals surface area contributed by atoms with Crippen LogP contribution in [0.3, 0.4) is 0 Å². The molecule has 0 aliphatic heterocycles. The minimum absolute atomic E-state index is 0. The third-order valence-electron chi connectivity index (χ3n) is 0.983. The molecule has 0 aliphatic carbocycles. The summed E-state index contributed by atoms with van der Waals surface area (Å²) in [6.45, 7) is 0. The molecular weight excluding hydrogens is 168 g/mol. The lowest BCUT2D eigenvalue weighted by Gasteiger charge is -2.10. The maximum absolute atomic E-state index is 10.5. The second-order valence-corrected chi connectivity index (χ2v) is 1.99. The van der Waals surface area contributed by atoms with Gasteiger partial charge in [-0.05, 0) is 0 Å². The van der Waals surface area contributed by atoms with Crippen LogP contribution in [0.5, 0.6) is 0 Å². The van der Waals surface area contributed by atoms with E-state index in [1.807, 2.05) is 0 Å². The van der Waals surface area contributed by atoms with Crippen LogP contribution < -0.4 is 5.73 Å². The molecule has 66 valence electrons. The van der Waals surface area contributed by atoms with Crippen molar-refractivity contribution in [3.8, 4) is 0 Å². The number of nitrogens with zero attached hydrogens (tertiary/aromatic N) is 1. The first kappa shape index (κ1) is 12.7. The second-order valence-electron chi connectivity index (χ2n) is 1.99. The second kappa shape index (κ2) is 5.85. The van der Waals surface area contributed by atoms with Gasteiger partial charge in [0.1, 0.15) is 5.82 Å². The van der Waals surface area contributed by atoms with Crippen molar-refractivity contribution >= 4 is 18.4 Å². The van der Waals surface area contributed by atoms with Crippen molar-refractivity contribution in [1.29, 1.82) is 0 Å². The van der Waals surface area contributed by atoms with Crippen LogP contribution in [-0.4, -0.2) is 32.1 Å².